The normalized spacial score (nSPS) is 11.8. The van der Waals surface area contributed by atoms with Gasteiger partial charge in [-0.05, 0) is 60.6 Å². The molecular weight excluding hydrogens is 580 g/mol. The number of hydrogen-bond acceptors (Lipinski definition) is 3. The van der Waals surface area contributed by atoms with Gasteiger partial charge in [0, 0.05) is 33.5 Å². The Kier molecular flexibility index (Phi) is 7.67. The maximum absolute atomic E-state index is 6.75. The lowest BCUT2D eigenvalue weighted by molar-refractivity contribution is -0.717. The molecule has 0 aliphatic carbocycles. The van der Waals surface area contributed by atoms with E-state index in [1.54, 1.807) is 0 Å². The van der Waals surface area contributed by atoms with E-state index in [2.05, 4.69) is 124 Å². The fourth-order valence-electron chi connectivity index (χ4n) is 6.86. The van der Waals surface area contributed by atoms with Gasteiger partial charge in [0.25, 0.3) is 0 Å². The van der Waals surface area contributed by atoms with E-state index in [0.717, 1.165) is 67.3 Å². The first-order valence-corrected chi connectivity index (χ1v) is 16.4. The summed E-state index contributed by atoms with van der Waals surface area (Å²) >= 11 is 0. The smallest absolute Gasteiger partial charge is 0.373 e. The van der Waals surface area contributed by atoms with Gasteiger partial charge in [-0.2, -0.15) is 9.13 Å². The predicted octanol–water partition coefficient (Wildman–Crippen LogP) is 9.41. The van der Waals surface area contributed by atoms with Crippen LogP contribution in [0.5, 0.6) is 11.6 Å². The Morgan fingerprint density at radius 1 is 0.745 bits per heavy atom. The van der Waals surface area contributed by atoms with Crippen LogP contribution in [0.2, 0.25) is 0 Å². The summed E-state index contributed by atoms with van der Waals surface area (Å²) in [7, 11) is 4.06. The third-order valence-corrected chi connectivity index (χ3v) is 9.39. The van der Waals surface area contributed by atoms with Crippen molar-refractivity contribution in [2.24, 2.45) is 14.1 Å². The van der Waals surface area contributed by atoms with Crippen molar-refractivity contribution in [3.8, 4) is 40.0 Å². The number of benzene rings is 4. The van der Waals surface area contributed by atoms with E-state index in [1.807, 2.05) is 42.3 Å². The van der Waals surface area contributed by atoms with Gasteiger partial charge in [-0.3, -0.25) is 0 Å². The molecule has 47 heavy (non-hydrogen) atoms. The molecule has 6 nitrogen and oxygen atoms in total. The second kappa shape index (κ2) is 11.8. The molecule has 0 unspecified atom stereocenters. The fraction of sp³-hybridized carbons (Fsp3) is 0.244. The van der Waals surface area contributed by atoms with E-state index in [9.17, 15) is 0 Å². The zero-order chi connectivity index (χ0) is 33.0. The monoisotopic (exact) mass is 622 g/mol. The molecule has 0 N–H and O–H groups in total. The van der Waals surface area contributed by atoms with Gasteiger partial charge in [0.2, 0.25) is 12.0 Å². The minimum absolute atomic E-state index is 0.362. The van der Waals surface area contributed by atoms with Gasteiger partial charge in [-0.25, -0.2) is 0 Å². The van der Waals surface area contributed by atoms with Crippen molar-refractivity contribution in [3.05, 3.63) is 120 Å². The number of nitrogens with zero attached hydrogens (tertiary/aromatic N) is 4. The average molecular weight is 623 g/mol. The first kappa shape index (κ1) is 30.4. The number of para-hydroxylation sites is 2. The number of ether oxygens (including phenoxy) is 1. The topological polar surface area (TPSA) is 48.0 Å². The summed E-state index contributed by atoms with van der Waals surface area (Å²) in [5.41, 5.74) is 10.9. The van der Waals surface area contributed by atoms with Gasteiger partial charge < -0.3 is 9.15 Å². The van der Waals surface area contributed by atoms with Crippen molar-refractivity contribution >= 4 is 21.9 Å². The lowest BCUT2D eigenvalue weighted by Crippen LogP contribution is -2.33. The van der Waals surface area contributed by atoms with Crippen LogP contribution in [0.1, 0.15) is 61.8 Å². The van der Waals surface area contributed by atoms with Gasteiger partial charge >= 0.3 is 11.7 Å². The number of rotatable bonds is 7. The Morgan fingerprint density at radius 3 is 2.19 bits per heavy atom. The van der Waals surface area contributed by atoms with Crippen molar-refractivity contribution < 1.29 is 18.4 Å². The number of pyridine rings is 1. The van der Waals surface area contributed by atoms with Gasteiger partial charge in [0.05, 0.1) is 17.2 Å². The average Bonchev–Trinajstić information content (AvgIpc) is 3.62. The van der Waals surface area contributed by atoms with Crippen LogP contribution in [-0.4, -0.2) is 9.67 Å². The molecule has 0 spiro atoms. The zero-order valence-electron chi connectivity index (χ0n) is 28.5. The van der Waals surface area contributed by atoms with Crippen molar-refractivity contribution in [1.82, 2.24) is 9.67 Å². The molecule has 0 radical (unpaired) electrons. The molecule has 0 fully saturated rings. The van der Waals surface area contributed by atoms with Crippen LogP contribution in [0.15, 0.2) is 102 Å². The van der Waals surface area contributed by atoms with Crippen molar-refractivity contribution in [3.63, 3.8) is 0 Å². The summed E-state index contributed by atoms with van der Waals surface area (Å²) in [5.74, 6) is 3.26. The van der Waals surface area contributed by atoms with Gasteiger partial charge in [-0.1, -0.05) is 82.3 Å². The molecule has 0 saturated carbocycles. The molecule has 0 saturated heterocycles. The molecule has 0 bridgehead atoms. The second-order valence-electron chi connectivity index (χ2n) is 13.1. The lowest BCUT2D eigenvalue weighted by Gasteiger charge is -2.18. The summed E-state index contributed by atoms with van der Waals surface area (Å²) in [6.07, 6.45) is 1.94. The first-order chi connectivity index (χ1) is 22.7. The molecule has 7 rings (SSSR count). The highest BCUT2D eigenvalue weighted by molar-refractivity contribution is 6.09. The molecule has 0 aliphatic rings. The predicted molar refractivity (Wildman–Crippen MR) is 188 cm³/mol. The Morgan fingerprint density at radius 2 is 1.45 bits per heavy atom. The van der Waals surface area contributed by atoms with E-state index in [1.165, 1.54) is 16.8 Å². The highest BCUT2D eigenvalue weighted by atomic mass is 16.5. The Labute approximate surface area is 276 Å². The number of aromatic nitrogens is 4. The summed E-state index contributed by atoms with van der Waals surface area (Å²) < 4.78 is 19.5. The lowest BCUT2D eigenvalue weighted by atomic mass is 9.92. The van der Waals surface area contributed by atoms with Crippen LogP contribution in [0.4, 0.5) is 0 Å². The minimum atomic E-state index is 0.362. The molecule has 0 aliphatic heterocycles. The van der Waals surface area contributed by atoms with E-state index < -0.39 is 0 Å². The third-order valence-electron chi connectivity index (χ3n) is 9.39. The van der Waals surface area contributed by atoms with Crippen LogP contribution in [0.25, 0.3) is 50.3 Å². The molecule has 3 heterocycles. The SMILES string of the molecule is Cc1ccc2c(oc3ccccc32)c1-c1cccc(Oc2cccc(-c3n(-c4c(C(C)C)cccc4C(C)C)cn[n+]3C)c2C)[n+]1C. The quantitative estimate of drug-likeness (QED) is 0.166. The van der Waals surface area contributed by atoms with E-state index in [0.29, 0.717) is 11.8 Å². The molecular formula is C41H42N4O2+2. The van der Waals surface area contributed by atoms with Crippen molar-refractivity contribution in [1.29, 1.82) is 0 Å². The summed E-state index contributed by atoms with van der Waals surface area (Å²) in [6, 6.07) is 31.7. The van der Waals surface area contributed by atoms with Crippen molar-refractivity contribution in [2.45, 2.75) is 53.4 Å². The highest BCUT2D eigenvalue weighted by Crippen LogP contribution is 2.39. The van der Waals surface area contributed by atoms with Crippen molar-refractivity contribution in [2.75, 3.05) is 0 Å². The molecule has 7 aromatic rings. The molecule has 3 aromatic heterocycles. The van der Waals surface area contributed by atoms with Crippen LogP contribution >= 0.6 is 0 Å². The fourth-order valence-corrected chi connectivity index (χ4v) is 6.86. The largest absolute Gasteiger partial charge is 0.455 e. The highest BCUT2D eigenvalue weighted by Gasteiger charge is 2.29. The van der Waals surface area contributed by atoms with Gasteiger partial charge in [0.1, 0.15) is 36.7 Å². The molecule has 0 atom stereocenters. The maximum Gasteiger partial charge on any atom is 0.373 e. The van der Waals surface area contributed by atoms with Gasteiger partial charge in [-0.15, -0.1) is 4.68 Å². The first-order valence-electron chi connectivity index (χ1n) is 16.4. The van der Waals surface area contributed by atoms with Gasteiger partial charge in [0.15, 0.2) is 0 Å². The summed E-state index contributed by atoms with van der Waals surface area (Å²) in [5, 5.41) is 6.99. The summed E-state index contributed by atoms with van der Waals surface area (Å²) in [4.78, 5) is 0. The molecule has 0 amide bonds. The Hall–Kier alpha value is -5.23. The second-order valence-corrected chi connectivity index (χ2v) is 13.1. The summed E-state index contributed by atoms with van der Waals surface area (Å²) in [6.45, 7) is 13.3. The maximum atomic E-state index is 6.75. The number of fused-ring (bicyclic) bond motifs is 3. The molecule has 6 heteroatoms. The Bertz CT molecular complexity index is 2260. The standard InChI is InChI=1S/C41H42N4O2/c1-25(2)29-15-11-16-30(26(3)4)39(29)45-24-42-44(8)41(45)31-17-12-20-35(28(31)6)46-37-21-13-18-34(43(37)7)38-27(5)22-23-33-32-14-9-10-19-36(32)47-40(33)38/h9-26H,1-8H3/q+2. The van der Waals surface area contributed by atoms with E-state index in [-0.39, 0.29) is 0 Å². The van der Waals surface area contributed by atoms with E-state index >= 15 is 0 Å². The molecule has 236 valence electrons. The Balaban J connectivity index is 1.33. The van der Waals surface area contributed by atoms with Crippen LogP contribution in [-0.2, 0) is 14.1 Å². The van der Waals surface area contributed by atoms with Crippen LogP contribution in [0, 0.1) is 13.8 Å². The van der Waals surface area contributed by atoms with Crippen LogP contribution in [0.3, 0.4) is 0 Å². The number of hydrogen-bond donors (Lipinski definition) is 0. The minimum Gasteiger partial charge on any atom is -0.455 e. The molecule has 4 aromatic carbocycles. The zero-order valence-corrected chi connectivity index (χ0v) is 28.5. The third kappa shape index (κ3) is 5.09. The van der Waals surface area contributed by atoms with E-state index in [4.69, 9.17) is 14.3 Å². The number of aryl methyl sites for hydroxylation is 2. The number of furan rings is 1. The van der Waals surface area contributed by atoms with Crippen LogP contribution < -0.4 is 14.0 Å².